The van der Waals surface area contributed by atoms with E-state index in [1.807, 2.05) is 60.7 Å². The van der Waals surface area contributed by atoms with Crippen LogP contribution in [0, 0.1) is 12.3 Å². The molecule has 0 saturated carbocycles. The third-order valence-electron chi connectivity index (χ3n) is 5.31. The fraction of sp³-hybridized carbons (Fsp3) is 0.273. The van der Waals surface area contributed by atoms with Crippen molar-refractivity contribution in [2.24, 2.45) is 0 Å². The van der Waals surface area contributed by atoms with Crippen molar-refractivity contribution >= 4 is 11.8 Å². The van der Waals surface area contributed by atoms with Crippen LogP contribution in [0.25, 0.3) is 0 Å². The van der Waals surface area contributed by atoms with Crippen LogP contribution in [0.3, 0.4) is 0 Å². The summed E-state index contributed by atoms with van der Waals surface area (Å²) in [4.78, 5) is 29.1. The smallest absolute Gasteiger partial charge is 0.249 e. The minimum absolute atomic E-state index is 0.0403. The molecular formula is C22H20N2O2. The Morgan fingerprint density at radius 2 is 1.54 bits per heavy atom. The number of carbonyl (C=O) groups excluding carboxylic acids is 2. The van der Waals surface area contributed by atoms with E-state index in [2.05, 4.69) is 5.92 Å². The first kappa shape index (κ1) is 16.4. The summed E-state index contributed by atoms with van der Waals surface area (Å²) in [6, 6.07) is 19.0. The quantitative estimate of drug-likeness (QED) is 0.632. The van der Waals surface area contributed by atoms with Gasteiger partial charge in [0, 0.05) is 6.42 Å². The summed E-state index contributed by atoms with van der Waals surface area (Å²) >= 11 is 0. The normalized spacial score (nSPS) is 25.1. The van der Waals surface area contributed by atoms with E-state index in [1.54, 1.807) is 9.80 Å². The van der Waals surface area contributed by atoms with E-state index in [0.717, 1.165) is 17.5 Å². The summed E-state index contributed by atoms with van der Waals surface area (Å²) < 4.78 is 0. The number of nitrogens with zero attached hydrogens (tertiary/aromatic N) is 2. The lowest BCUT2D eigenvalue weighted by Crippen LogP contribution is -2.66. The second kappa shape index (κ2) is 6.68. The van der Waals surface area contributed by atoms with Crippen LogP contribution < -0.4 is 0 Å². The Balaban J connectivity index is 1.71. The Kier molecular flexibility index (Phi) is 4.22. The number of amides is 2. The van der Waals surface area contributed by atoms with Crippen LogP contribution in [0.4, 0.5) is 0 Å². The van der Waals surface area contributed by atoms with Crippen molar-refractivity contribution in [1.29, 1.82) is 0 Å². The molecule has 2 aliphatic rings. The molecule has 3 atom stereocenters. The lowest BCUT2D eigenvalue weighted by molar-refractivity contribution is -0.165. The van der Waals surface area contributed by atoms with Gasteiger partial charge in [0.05, 0.1) is 18.6 Å². The van der Waals surface area contributed by atoms with Gasteiger partial charge in [-0.05, 0) is 17.5 Å². The van der Waals surface area contributed by atoms with Crippen LogP contribution >= 0.6 is 0 Å². The first-order valence-electron chi connectivity index (χ1n) is 8.87. The van der Waals surface area contributed by atoms with E-state index in [9.17, 15) is 9.59 Å². The van der Waals surface area contributed by atoms with E-state index in [1.165, 1.54) is 0 Å². The van der Waals surface area contributed by atoms with E-state index in [4.69, 9.17) is 6.42 Å². The highest BCUT2D eigenvalue weighted by atomic mass is 16.2. The van der Waals surface area contributed by atoms with Gasteiger partial charge in [0.15, 0.2) is 0 Å². The molecule has 0 bridgehead atoms. The molecule has 130 valence electrons. The topological polar surface area (TPSA) is 40.6 Å². The molecule has 0 radical (unpaired) electrons. The summed E-state index contributed by atoms with van der Waals surface area (Å²) in [5.41, 5.74) is 2.09. The zero-order chi connectivity index (χ0) is 18.1. The highest BCUT2D eigenvalue weighted by Crippen LogP contribution is 2.45. The standard InChI is InChI=1S/C22H20N2O2/c1-2-15-23-20(17-11-7-4-8-12-17)21(22(23)26)24-18(13-14-19(24)25)16-9-5-3-6-10-16/h1,3-12,18,20-21H,13-15H2/t18-,20+,21-/m1/s1. The molecule has 4 nitrogen and oxygen atoms in total. The van der Waals surface area contributed by atoms with Crippen molar-refractivity contribution in [2.75, 3.05) is 6.54 Å². The molecule has 2 saturated heterocycles. The molecule has 2 amide bonds. The van der Waals surface area contributed by atoms with Crippen molar-refractivity contribution in [3.05, 3.63) is 71.8 Å². The molecule has 26 heavy (non-hydrogen) atoms. The van der Waals surface area contributed by atoms with Crippen molar-refractivity contribution in [1.82, 2.24) is 9.80 Å². The fourth-order valence-corrected chi connectivity index (χ4v) is 4.14. The van der Waals surface area contributed by atoms with Crippen molar-refractivity contribution in [3.63, 3.8) is 0 Å². The molecule has 4 rings (SSSR count). The van der Waals surface area contributed by atoms with E-state index >= 15 is 0 Å². The zero-order valence-corrected chi connectivity index (χ0v) is 14.4. The number of β-lactam (4-membered cyclic amide) rings is 1. The van der Waals surface area contributed by atoms with Gasteiger partial charge >= 0.3 is 0 Å². The summed E-state index contributed by atoms with van der Waals surface area (Å²) in [6.45, 7) is 0.257. The lowest BCUT2D eigenvalue weighted by atomic mass is 9.86. The third-order valence-corrected chi connectivity index (χ3v) is 5.31. The molecule has 0 N–H and O–H groups in total. The van der Waals surface area contributed by atoms with Crippen LogP contribution in [0.15, 0.2) is 60.7 Å². The molecule has 2 fully saturated rings. The first-order valence-corrected chi connectivity index (χ1v) is 8.87. The highest BCUT2D eigenvalue weighted by Gasteiger charge is 2.55. The molecule has 0 unspecified atom stereocenters. The average Bonchev–Trinajstić information content (AvgIpc) is 3.06. The van der Waals surface area contributed by atoms with Gasteiger partial charge in [-0.15, -0.1) is 6.42 Å². The van der Waals surface area contributed by atoms with Crippen LogP contribution in [-0.2, 0) is 9.59 Å². The average molecular weight is 344 g/mol. The second-order valence-corrected chi connectivity index (χ2v) is 6.74. The van der Waals surface area contributed by atoms with Crippen LogP contribution in [0.5, 0.6) is 0 Å². The minimum Gasteiger partial charge on any atom is -0.321 e. The van der Waals surface area contributed by atoms with Gasteiger partial charge in [0.1, 0.15) is 6.04 Å². The molecule has 0 spiro atoms. The number of rotatable bonds is 4. The van der Waals surface area contributed by atoms with E-state index in [-0.39, 0.29) is 30.4 Å². The number of likely N-dealkylation sites (tertiary alicyclic amines) is 2. The minimum atomic E-state index is -0.481. The van der Waals surface area contributed by atoms with Gasteiger partial charge < -0.3 is 9.80 Å². The predicted molar refractivity (Wildman–Crippen MR) is 98.8 cm³/mol. The van der Waals surface area contributed by atoms with E-state index < -0.39 is 6.04 Å². The number of hydrogen-bond acceptors (Lipinski definition) is 2. The number of carbonyl (C=O) groups is 2. The number of benzene rings is 2. The molecule has 2 aromatic carbocycles. The number of hydrogen-bond donors (Lipinski definition) is 0. The molecule has 0 aromatic heterocycles. The summed E-state index contributed by atoms with van der Waals surface area (Å²) in [7, 11) is 0. The molecular weight excluding hydrogens is 324 g/mol. The third kappa shape index (κ3) is 2.57. The molecule has 2 heterocycles. The molecule has 0 aliphatic carbocycles. The molecule has 2 aliphatic heterocycles. The molecule has 2 aromatic rings. The summed E-state index contributed by atoms with van der Waals surface area (Å²) in [5, 5.41) is 0. The second-order valence-electron chi connectivity index (χ2n) is 6.74. The van der Waals surface area contributed by atoms with Crippen LogP contribution in [0.2, 0.25) is 0 Å². The maximum atomic E-state index is 12.9. The molecule has 4 heteroatoms. The van der Waals surface area contributed by atoms with E-state index in [0.29, 0.717) is 6.42 Å². The van der Waals surface area contributed by atoms with Crippen molar-refractivity contribution < 1.29 is 9.59 Å². The van der Waals surface area contributed by atoms with Crippen LogP contribution in [0.1, 0.15) is 36.1 Å². The SMILES string of the molecule is C#CCN1C(=O)[C@H](N2C(=O)CC[C@@H]2c2ccccc2)[C@@H]1c1ccccc1. The summed E-state index contributed by atoms with van der Waals surface area (Å²) in [5.74, 6) is 2.54. The number of terminal acetylenes is 1. The van der Waals surface area contributed by atoms with Gasteiger partial charge in [0.2, 0.25) is 11.8 Å². The van der Waals surface area contributed by atoms with Gasteiger partial charge in [-0.1, -0.05) is 66.6 Å². The van der Waals surface area contributed by atoms with Gasteiger partial charge in [-0.3, -0.25) is 9.59 Å². The first-order chi connectivity index (χ1) is 12.7. The summed E-state index contributed by atoms with van der Waals surface area (Å²) in [6.07, 6.45) is 6.67. The zero-order valence-electron chi connectivity index (χ0n) is 14.4. The van der Waals surface area contributed by atoms with Gasteiger partial charge in [-0.25, -0.2) is 0 Å². The maximum Gasteiger partial charge on any atom is 0.249 e. The van der Waals surface area contributed by atoms with Gasteiger partial charge in [-0.2, -0.15) is 0 Å². The Morgan fingerprint density at radius 1 is 0.923 bits per heavy atom. The van der Waals surface area contributed by atoms with Gasteiger partial charge in [0.25, 0.3) is 0 Å². The van der Waals surface area contributed by atoms with Crippen LogP contribution in [-0.4, -0.2) is 34.2 Å². The Hall–Kier alpha value is -3.06. The van der Waals surface area contributed by atoms with Crippen molar-refractivity contribution in [3.8, 4) is 12.3 Å². The maximum absolute atomic E-state index is 12.9. The lowest BCUT2D eigenvalue weighted by Gasteiger charge is -2.51. The van der Waals surface area contributed by atoms with Crippen molar-refractivity contribution in [2.45, 2.75) is 31.0 Å². The largest absolute Gasteiger partial charge is 0.321 e. The highest BCUT2D eigenvalue weighted by molar-refractivity contribution is 5.95. The predicted octanol–water partition coefficient (Wildman–Crippen LogP) is 2.94. The Bertz CT molecular complexity index is 857. The monoisotopic (exact) mass is 344 g/mol. The Morgan fingerprint density at radius 3 is 2.15 bits per heavy atom. The Labute approximate surface area is 153 Å². The fourth-order valence-electron chi connectivity index (χ4n) is 4.14.